The molecule has 0 fully saturated rings. The molecule has 0 atom stereocenters. The maximum atomic E-state index is 13.4. The van der Waals surface area contributed by atoms with Crippen molar-refractivity contribution in [3.8, 4) is 16.9 Å². The number of fused-ring (bicyclic) bond motifs is 1. The fraction of sp³-hybridized carbons (Fsp3) is 0.188. The SMILES string of the molecule is COc1cccc(C(=O)Nc2ccc3c(c2)CCN(C(=O)Cc2ccccc2)C3)c1-c1ccc(C(F)(F)F)cc1. The van der Waals surface area contributed by atoms with E-state index in [1.165, 1.54) is 19.2 Å². The molecule has 40 heavy (non-hydrogen) atoms. The van der Waals surface area contributed by atoms with Gasteiger partial charge in [0.15, 0.2) is 0 Å². The largest absolute Gasteiger partial charge is 0.496 e. The minimum Gasteiger partial charge on any atom is -0.496 e. The van der Waals surface area contributed by atoms with Crippen molar-refractivity contribution >= 4 is 17.5 Å². The number of carbonyl (C=O) groups excluding carboxylic acids is 2. The lowest BCUT2D eigenvalue weighted by atomic mass is 9.96. The third kappa shape index (κ3) is 5.86. The Morgan fingerprint density at radius 3 is 2.35 bits per heavy atom. The van der Waals surface area contributed by atoms with Crippen molar-refractivity contribution in [3.63, 3.8) is 0 Å². The number of benzene rings is 4. The lowest BCUT2D eigenvalue weighted by Crippen LogP contribution is -2.36. The topological polar surface area (TPSA) is 58.6 Å². The van der Waals surface area contributed by atoms with E-state index in [2.05, 4.69) is 5.32 Å². The van der Waals surface area contributed by atoms with Crippen LogP contribution in [-0.2, 0) is 30.4 Å². The Morgan fingerprint density at radius 1 is 0.900 bits per heavy atom. The monoisotopic (exact) mass is 544 g/mol. The van der Waals surface area contributed by atoms with E-state index in [-0.39, 0.29) is 11.5 Å². The highest BCUT2D eigenvalue weighted by molar-refractivity contribution is 6.09. The Bertz CT molecular complexity index is 1530. The van der Waals surface area contributed by atoms with Gasteiger partial charge in [-0.25, -0.2) is 0 Å². The van der Waals surface area contributed by atoms with E-state index in [0.29, 0.717) is 48.5 Å². The number of nitrogens with zero attached hydrogens (tertiary/aromatic N) is 1. The molecule has 1 N–H and O–H groups in total. The molecule has 0 unspecified atom stereocenters. The Labute approximate surface area is 230 Å². The van der Waals surface area contributed by atoms with Gasteiger partial charge < -0.3 is 15.0 Å². The molecule has 4 aromatic rings. The van der Waals surface area contributed by atoms with E-state index in [4.69, 9.17) is 4.74 Å². The standard InChI is InChI=1S/C32H27F3N2O3/c1-40-28-9-5-8-27(30(28)22-10-13-25(14-11-22)32(33,34)35)31(39)36-26-15-12-24-20-37(17-16-23(24)19-26)29(38)18-21-6-3-2-4-7-21/h2-15,19H,16-18,20H2,1H3,(H,36,39). The van der Waals surface area contributed by atoms with Gasteiger partial charge in [-0.05, 0) is 65.1 Å². The summed E-state index contributed by atoms with van der Waals surface area (Å²) in [5.41, 5.74) is 3.98. The number of hydrogen-bond donors (Lipinski definition) is 1. The van der Waals surface area contributed by atoms with Crippen LogP contribution in [-0.4, -0.2) is 30.4 Å². The summed E-state index contributed by atoms with van der Waals surface area (Å²) in [6, 6.07) is 24.8. The summed E-state index contributed by atoms with van der Waals surface area (Å²) in [4.78, 5) is 28.1. The van der Waals surface area contributed by atoms with Crippen molar-refractivity contribution in [3.05, 3.63) is 119 Å². The first-order chi connectivity index (χ1) is 19.2. The van der Waals surface area contributed by atoms with Crippen LogP contribution >= 0.6 is 0 Å². The van der Waals surface area contributed by atoms with Crippen molar-refractivity contribution in [1.29, 1.82) is 0 Å². The van der Waals surface area contributed by atoms with Gasteiger partial charge in [0.25, 0.3) is 5.91 Å². The molecule has 0 saturated heterocycles. The Balaban J connectivity index is 1.33. The third-order valence-electron chi connectivity index (χ3n) is 7.02. The molecular formula is C32H27F3N2O3. The number of rotatable bonds is 6. The molecule has 0 bridgehead atoms. The molecule has 1 heterocycles. The van der Waals surface area contributed by atoms with Gasteiger partial charge in [-0.15, -0.1) is 0 Å². The first kappa shape index (κ1) is 27.0. The van der Waals surface area contributed by atoms with Gasteiger partial charge in [-0.3, -0.25) is 9.59 Å². The number of hydrogen-bond acceptors (Lipinski definition) is 3. The number of carbonyl (C=O) groups is 2. The molecule has 204 valence electrons. The molecule has 0 spiro atoms. The van der Waals surface area contributed by atoms with Gasteiger partial charge in [0.2, 0.25) is 5.91 Å². The number of nitrogens with one attached hydrogen (secondary N) is 1. The third-order valence-corrected chi connectivity index (χ3v) is 7.02. The number of methoxy groups -OCH3 is 1. The van der Waals surface area contributed by atoms with Crippen LogP contribution in [0.4, 0.5) is 18.9 Å². The summed E-state index contributed by atoms with van der Waals surface area (Å²) < 4.78 is 44.7. The Morgan fingerprint density at radius 2 is 1.65 bits per heavy atom. The highest BCUT2D eigenvalue weighted by Crippen LogP contribution is 2.36. The maximum Gasteiger partial charge on any atom is 0.416 e. The number of alkyl halides is 3. The minimum absolute atomic E-state index is 0.0723. The van der Waals surface area contributed by atoms with Crippen molar-refractivity contribution in [2.45, 2.75) is 25.6 Å². The first-order valence-electron chi connectivity index (χ1n) is 12.8. The van der Waals surface area contributed by atoms with Crippen LogP contribution in [0, 0.1) is 0 Å². The smallest absolute Gasteiger partial charge is 0.416 e. The highest BCUT2D eigenvalue weighted by Gasteiger charge is 2.30. The van der Waals surface area contributed by atoms with Crippen LogP contribution in [0.2, 0.25) is 0 Å². The van der Waals surface area contributed by atoms with Gasteiger partial charge in [0.1, 0.15) is 5.75 Å². The summed E-state index contributed by atoms with van der Waals surface area (Å²) >= 11 is 0. The zero-order chi connectivity index (χ0) is 28.3. The zero-order valence-electron chi connectivity index (χ0n) is 21.8. The van der Waals surface area contributed by atoms with Crippen molar-refractivity contribution < 1.29 is 27.5 Å². The lowest BCUT2D eigenvalue weighted by Gasteiger charge is -2.29. The van der Waals surface area contributed by atoms with E-state index in [1.807, 2.05) is 47.4 Å². The molecule has 0 aliphatic carbocycles. The normalized spacial score (nSPS) is 12.9. The van der Waals surface area contributed by atoms with Crippen LogP contribution < -0.4 is 10.1 Å². The summed E-state index contributed by atoms with van der Waals surface area (Å²) in [7, 11) is 1.45. The molecule has 0 aromatic heterocycles. The van der Waals surface area contributed by atoms with Gasteiger partial charge in [-0.1, -0.05) is 54.6 Å². The zero-order valence-corrected chi connectivity index (χ0v) is 21.8. The Hall–Kier alpha value is -4.59. The number of halogens is 3. The van der Waals surface area contributed by atoms with Crippen LogP contribution in [0.5, 0.6) is 5.75 Å². The molecule has 1 aliphatic heterocycles. The molecule has 5 nitrogen and oxygen atoms in total. The van der Waals surface area contributed by atoms with E-state index >= 15 is 0 Å². The van der Waals surface area contributed by atoms with Gasteiger partial charge in [-0.2, -0.15) is 13.2 Å². The molecular weight excluding hydrogens is 517 g/mol. The van der Waals surface area contributed by atoms with E-state index < -0.39 is 17.6 Å². The molecule has 0 radical (unpaired) electrons. The molecule has 8 heteroatoms. The van der Waals surface area contributed by atoms with E-state index in [0.717, 1.165) is 28.8 Å². The van der Waals surface area contributed by atoms with Gasteiger partial charge >= 0.3 is 6.18 Å². The average Bonchev–Trinajstić information content (AvgIpc) is 2.96. The van der Waals surface area contributed by atoms with Crippen molar-refractivity contribution in [1.82, 2.24) is 4.90 Å². The lowest BCUT2D eigenvalue weighted by molar-refractivity contribution is -0.137. The van der Waals surface area contributed by atoms with Crippen molar-refractivity contribution in [2.75, 3.05) is 19.0 Å². The second-order valence-corrected chi connectivity index (χ2v) is 9.62. The number of anilines is 1. The van der Waals surface area contributed by atoms with E-state index in [1.54, 1.807) is 24.3 Å². The molecule has 0 saturated carbocycles. The van der Waals surface area contributed by atoms with Gasteiger partial charge in [0, 0.05) is 24.3 Å². The molecule has 2 amide bonds. The second-order valence-electron chi connectivity index (χ2n) is 9.62. The van der Waals surface area contributed by atoms with Crippen LogP contribution in [0.1, 0.15) is 32.6 Å². The highest BCUT2D eigenvalue weighted by atomic mass is 19.4. The van der Waals surface area contributed by atoms with Gasteiger partial charge in [0.05, 0.1) is 24.7 Å². The summed E-state index contributed by atoms with van der Waals surface area (Å²) in [5.74, 6) is 0.0328. The van der Waals surface area contributed by atoms with Crippen LogP contribution in [0.15, 0.2) is 91.0 Å². The average molecular weight is 545 g/mol. The Kier molecular flexibility index (Phi) is 7.60. The fourth-order valence-electron chi connectivity index (χ4n) is 4.94. The predicted octanol–water partition coefficient (Wildman–Crippen LogP) is 6.76. The van der Waals surface area contributed by atoms with Crippen LogP contribution in [0.25, 0.3) is 11.1 Å². The number of ether oxygens (including phenoxy) is 1. The molecule has 1 aliphatic rings. The quantitative estimate of drug-likeness (QED) is 0.292. The fourth-order valence-corrected chi connectivity index (χ4v) is 4.94. The van der Waals surface area contributed by atoms with E-state index in [9.17, 15) is 22.8 Å². The molecule has 4 aromatic carbocycles. The first-order valence-corrected chi connectivity index (χ1v) is 12.8. The maximum absolute atomic E-state index is 13.4. The second kappa shape index (κ2) is 11.3. The minimum atomic E-state index is -4.46. The van der Waals surface area contributed by atoms with Crippen molar-refractivity contribution in [2.24, 2.45) is 0 Å². The van der Waals surface area contributed by atoms with Crippen LogP contribution in [0.3, 0.4) is 0 Å². The summed E-state index contributed by atoms with van der Waals surface area (Å²) in [6.45, 7) is 1.09. The molecule has 5 rings (SSSR count). The summed E-state index contributed by atoms with van der Waals surface area (Å²) in [6.07, 6.45) is -3.44. The number of amides is 2. The summed E-state index contributed by atoms with van der Waals surface area (Å²) in [5, 5.41) is 2.92. The predicted molar refractivity (Wildman–Crippen MR) is 147 cm³/mol.